The number of aromatic nitrogens is 3. The number of imidazole rings is 1. The van der Waals surface area contributed by atoms with Crippen LogP contribution < -0.4 is 4.74 Å². The fraction of sp³-hybridized carbons (Fsp3) is 0.316. The molecule has 7 heteroatoms. The summed E-state index contributed by atoms with van der Waals surface area (Å²) in [5, 5.41) is 0. The molecule has 134 valence electrons. The Hall–Kier alpha value is -3.09. The molecule has 1 aliphatic heterocycles. The van der Waals surface area contributed by atoms with Crippen molar-refractivity contribution < 1.29 is 13.9 Å². The minimum Gasteiger partial charge on any atom is -0.493 e. The van der Waals surface area contributed by atoms with Gasteiger partial charge in [-0.1, -0.05) is 0 Å². The van der Waals surface area contributed by atoms with Gasteiger partial charge >= 0.3 is 0 Å². The van der Waals surface area contributed by atoms with E-state index in [1.165, 1.54) is 6.26 Å². The Balaban J connectivity index is 1.43. The molecule has 1 aliphatic rings. The molecule has 3 aromatic heterocycles. The van der Waals surface area contributed by atoms with Crippen LogP contribution in [0.5, 0.6) is 5.75 Å². The maximum absolute atomic E-state index is 12.6. The van der Waals surface area contributed by atoms with Crippen LogP contribution >= 0.6 is 0 Å². The summed E-state index contributed by atoms with van der Waals surface area (Å²) < 4.78 is 13.2. The average Bonchev–Trinajstić information content (AvgIpc) is 3.33. The van der Waals surface area contributed by atoms with Crippen molar-refractivity contribution in [1.82, 2.24) is 19.4 Å². The van der Waals surface area contributed by atoms with Crippen molar-refractivity contribution >= 4 is 5.91 Å². The summed E-state index contributed by atoms with van der Waals surface area (Å²) in [6.07, 6.45) is 7.57. The summed E-state index contributed by atoms with van der Waals surface area (Å²) >= 11 is 0. The largest absolute Gasteiger partial charge is 0.493 e. The predicted octanol–water partition coefficient (Wildman–Crippen LogP) is 2.71. The van der Waals surface area contributed by atoms with Gasteiger partial charge in [0.2, 0.25) is 0 Å². The SMILES string of the molecule is C[C@@H]1c2ncc(CCOc3ccncc3)n2CCN1C(=O)c1ccco1. The van der Waals surface area contributed by atoms with Crippen LogP contribution in [0.2, 0.25) is 0 Å². The van der Waals surface area contributed by atoms with Gasteiger partial charge in [0, 0.05) is 43.8 Å². The van der Waals surface area contributed by atoms with Gasteiger partial charge in [-0.05, 0) is 31.2 Å². The Morgan fingerprint density at radius 1 is 1.31 bits per heavy atom. The summed E-state index contributed by atoms with van der Waals surface area (Å²) in [7, 11) is 0. The molecule has 0 saturated heterocycles. The summed E-state index contributed by atoms with van der Waals surface area (Å²) in [6, 6.07) is 7.00. The number of rotatable bonds is 5. The molecule has 7 nitrogen and oxygen atoms in total. The topological polar surface area (TPSA) is 73.4 Å². The Morgan fingerprint density at radius 2 is 2.15 bits per heavy atom. The third-order valence-corrected chi connectivity index (χ3v) is 4.64. The molecule has 0 unspecified atom stereocenters. The number of amides is 1. The van der Waals surface area contributed by atoms with Crippen molar-refractivity contribution in [3.8, 4) is 5.75 Å². The Morgan fingerprint density at radius 3 is 2.92 bits per heavy atom. The molecule has 0 aromatic carbocycles. The number of hydrogen-bond acceptors (Lipinski definition) is 5. The van der Waals surface area contributed by atoms with Gasteiger partial charge in [-0.2, -0.15) is 0 Å². The first-order valence-electron chi connectivity index (χ1n) is 8.65. The number of hydrogen-bond donors (Lipinski definition) is 0. The van der Waals surface area contributed by atoms with Gasteiger partial charge in [0.05, 0.1) is 18.9 Å². The Kier molecular flexibility index (Phi) is 4.43. The first-order chi connectivity index (χ1) is 12.7. The van der Waals surface area contributed by atoms with Crippen molar-refractivity contribution in [2.24, 2.45) is 0 Å². The summed E-state index contributed by atoms with van der Waals surface area (Å²) in [5.41, 5.74) is 1.12. The molecule has 4 rings (SSSR count). The van der Waals surface area contributed by atoms with Crippen LogP contribution in [0.15, 0.2) is 53.5 Å². The molecular weight excluding hydrogens is 332 g/mol. The molecule has 0 saturated carbocycles. The molecule has 0 bridgehead atoms. The van der Waals surface area contributed by atoms with Gasteiger partial charge in [-0.25, -0.2) is 4.98 Å². The molecule has 1 amide bonds. The molecule has 0 aliphatic carbocycles. The number of ether oxygens (including phenoxy) is 1. The van der Waals surface area contributed by atoms with Crippen LogP contribution in [-0.4, -0.2) is 38.5 Å². The highest BCUT2D eigenvalue weighted by atomic mass is 16.5. The summed E-state index contributed by atoms with van der Waals surface area (Å²) in [5.74, 6) is 1.97. The van der Waals surface area contributed by atoms with Crippen molar-refractivity contribution in [1.29, 1.82) is 0 Å². The summed E-state index contributed by atoms with van der Waals surface area (Å²) in [6.45, 7) is 3.91. The van der Waals surface area contributed by atoms with Gasteiger partial charge in [-0.15, -0.1) is 0 Å². The highest BCUT2D eigenvalue weighted by Crippen LogP contribution is 2.27. The van der Waals surface area contributed by atoms with Gasteiger partial charge in [0.25, 0.3) is 5.91 Å². The molecule has 0 radical (unpaired) electrons. The zero-order chi connectivity index (χ0) is 17.9. The normalized spacial score (nSPS) is 16.3. The maximum atomic E-state index is 12.6. The van der Waals surface area contributed by atoms with E-state index in [0.29, 0.717) is 18.9 Å². The number of carbonyl (C=O) groups is 1. The number of fused-ring (bicyclic) bond motifs is 1. The average molecular weight is 352 g/mol. The Bertz CT molecular complexity index is 874. The van der Waals surface area contributed by atoms with Crippen LogP contribution in [0.25, 0.3) is 0 Å². The van der Waals surface area contributed by atoms with Crippen molar-refractivity contribution in [2.45, 2.75) is 25.9 Å². The Labute approximate surface area is 151 Å². The standard InChI is InChI=1S/C19H20N4O3/c1-14-18-21-13-15(6-12-25-16-4-7-20-8-5-16)23(18)10-9-22(14)19(24)17-3-2-11-26-17/h2-5,7-8,11,13-14H,6,9-10,12H2,1H3/t14-/m1/s1. The van der Waals surface area contributed by atoms with Crippen molar-refractivity contribution in [2.75, 3.05) is 13.2 Å². The molecule has 0 fully saturated rings. The number of nitrogens with zero attached hydrogens (tertiary/aromatic N) is 4. The van der Waals surface area contributed by atoms with Crippen molar-refractivity contribution in [3.05, 3.63) is 66.4 Å². The van der Waals surface area contributed by atoms with E-state index in [1.807, 2.05) is 25.3 Å². The van der Waals surface area contributed by atoms with E-state index in [2.05, 4.69) is 14.5 Å². The second-order valence-corrected chi connectivity index (χ2v) is 6.19. The first kappa shape index (κ1) is 16.4. The van der Waals surface area contributed by atoms with Crippen LogP contribution in [-0.2, 0) is 13.0 Å². The van der Waals surface area contributed by atoms with E-state index in [9.17, 15) is 4.79 Å². The van der Waals surface area contributed by atoms with Gasteiger partial charge in [0.1, 0.15) is 11.6 Å². The van der Waals surface area contributed by atoms with Gasteiger partial charge < -0.3 is 18.6 Å². The molecule has 1 atom stereocenters. The summed E-state index contributed by atoms with van der Waals surface area (Å²) in [4.78, 5) is 22.9. The van der Waals surface area contributed by atoms with Gasteiger partial charge in [0.15, 0.2) is 5.76 Å². The van der Waals surface area contributed by atoms with Crippen LogP contribution in [0.1, 0.15) is 35.0 Å². The molecular formula is C19H20N4O3. The highest BCUT2D eigenvalue weighted by molar-refractivity contribution is 5.91. The fourth-order valence-electron chi connectivity index (χ4n) is 3.29. The smallest absolute Gasteiger partial charge is 0.290 e. The van der Waals surface area contributed by atoms with Crippen LogP contribution in [0, 0.1) is 0 Å². The minimum absolute atomic E-state index is 0.0979. The monoisotopic (exact) mass is 352 g/mol. The number of pyridine rings is 1. The molecule has 0 N–H and O–H groups in total. The lowest BCUT2D eigenvalue weighted by molar-refractivity contribution is 0.0603. The van der Waals surface area contributed by atoms with E-state index in [1.54, 1.807) is 29.4 Å². The van der Waals surface area contributed by atoms with E-state index in [4.69, 9.17) is 9.15 Å². The maximum Gasteiger partial charge on any atom is 0.290 e. The van der Waals surface area contributed by atoms with Crippen molar-refractivity contribution in [3.63, 3.8) is 0 Å². The molecule has 0 spiro atoms. The quantitative estimate of drug-likeness (QED) is 0.706. The first-order valence-corrected chi connectivity index (χ1v) is 8.65. The van der Waals surface area contributed by atoms with Crippen LogP contribution in [0.3, 0.4) is 0 Å². The highest BCUT2D eigenvalue weighted by Gasteiger charge is 2.31. The molecule has 4 heterocycles. The predicted molar refractivity (Wildman–Crippen MR) is 93.8 cm³/mol. The number of furan rings is 1. The zero-order valence-electron chi connectivity index (χ0n) is 14.5. The van der Waals surface area contributed by atoms with Crippen LogP contribution in [0.4, 0.5) is 0 Å². The third-order valence-electron chi connectivity index (χ3n) is 4.64. The second-order valence-electron chi connectivity index (χ2n) is 6.19. The number of carbonyl (C=O) groups excluding carboxylic acids is 1. The van der Waals surface area contributed by atoms with Gasteiger partial charge in [-0.3, -0.25) is 9.78 Å². The zero-order valence-corrected chi connectivity index (χ0v) is 14.5. The molecule has 26 heavy (non-hydrogen) atoms. The fourth-order valence-corrected chi connectivity index (χ4v) is 3.29. The lowest BCUT2D eigenvalue weighted by Gasteiger charge is -2.34. The minimum atomic E-state index is -0.101. The third kappa shape index (κ3) is 3.08. The molecule has 3 aromatic rings. The van der Waals surface area contributed by atoms with E-state index in [-0.39, 0.29) is 11.9 Å². The van der Waals surface area contributed by atoms with E-state index < -0.39 is 0 Å². The lowest BCUT2D eigenvalue weighted by atomic mass is 10.2. The lowest BCUT2D eigenvalue weighted by Crippen LogP contribution is -2.41. The van der Waals surface area contributed by atoms with E-state index >= 15 is 0 Å². The second kappa shape index (κ2) is 7.03. The van der Waals surface area contributed by atoms with E-state index in [0.717, 1.165) is 30.2 Å².